The van der Waals surface area contributed by atoms with E-state index in [0.717, 1.165) is 11.5 Å². The van der Waals surface area contributed by atoms with Gasteiger partial charge in [0.05, 0.1) is 0 Å². The summed E-state index contributed by atoms with van der Waals surface area (Å²) in [6.45, 7) is 8.82. The van der Waals surface area contributed by atoms with Crippen molar-refractivity contribution in [2.45, 2.75) is 37.5 Å². The molecular formula is C12H18S2. The monoisotopic (exact) mass is 226 g/mol. The smallest absolute Gasteiger partial charge is 0.0104 e. The first-order valence-electron chi connectivity index (χ1n) is 5.05. The van der Waals surface area contributed by atoms with Gasteiger partial charge in [0.1, 0.15) is 0 Å². The topological polar surface area (TPSA) is 0 Å². The zero-order valence-electron chi connectivity index (χ0n) is 9.39. The third-order valence-electron chi connectivity index (χ3n) is 2.07. The molecule has 0 saturated carbocycles. The first-order valence-corrected chi connectivity index (χ1v) is 7.03. The van der Waals surface area contributed by atoms with Crippen molar-refractivity contribution in [3.05, 3.63) is 23.3 Å². The van der Waals surface area contributed by atoms with Gasteiger partial charge in [0.15, 0.2) is 0 Å². The third kappa shape index (κ3) is 2.96. The Labute approximate surface area is 95.9 Å². The Bertz CT molecular complexity index is 274. The van der Waals surface area contributed by atoms with Crippen LogP contribution in [0.2, 0.25) is 0 Å². The predicted octanol–water partition coefficient (Wildman–Crippen LogP) is 4.53. The van der Waals surface area contributed by atoms with Crippen molar-refractivity contribution in [2.24, 2.45) is 0 Å². The van der Waals surface area contributed by atoms with Gasteiger partial charge in [0.2, 0.25) is 0 Å². The van der Waals surface area contributed by atoms with Crippen LogP contribution in [-0.4, -0.2) is 11.5 Å². The molecule has 0 saturated heterocycles. The van der Waals surface area contributed by atoms with Gasteiger partial charge >= 0.3 is 0 Å². The maximum Gasteiger partial charge on any atom is 0.0104 e. The van der Waals surface area contributed by atoms with E-state index in [4.69, 9.17) is 0 Å². The lowest BCUT2D eigenvalue weighted by atomic mass is 10.2. The highest BCUT2D eigenvalue weighted by atomic mass is 32.2. The molecule has 0 unspecified atom stereocenters. The highest BCUT2D eigenvalue weighted by Gasteiger charge is 2.04. The van der Waals surface area contributed by atoms with E-state index in [0.29, 0.717) is 0 Å². The van der Waals surface area contributed by atoms with E-state index in [-0.39, 0.29) is 0 Å². The molecule has 0 aromatic heterocycles. The van der Waals surface area contributed by atoms with E-state index in [9.17, 15) is 0 Å². The zero-order chi connectivity index (χ0) is 10.6. The molecule has 0 nitrogen and oxygen atoms in total. The van der Waals surface area contributed by atoms with Crippen molar-refractivity contribution in [1.29, 1.82) is 0 Å². The van der Waals surface area contributed by atoms with Gasteiger partial charge in [0.25, 0.3) is 0 Å². The van der Waals surface area contributed by atoms with Crippen LogP contribution in [0.4, 0.5) is 0 Å². The Morgan fingerprint density at radius 3 is 1.50 bits per heavy atom. The number of hydrogen-bond donors (Lipinski definition) is 0. The summed E-state index contributed by atoms with van der Waals surface area (Å²) in [6.07, 6.45) is 0. The molecule has 1 aromatic carbocycles. The summed E-state index contributed by atoms with van der Waals surface area (Å²) in [5, 5.41) is 0. The van der Waals surface area contributed by atoms with Crippen LogP contribution in [0.3, 0.4) is 0 Å². The lowest BCUT2D eigenvalue weighted by molar-refractivity contribution is 1.17. The summed E-state index contributed by atoms with van der Waals surface area (Å²) in [6, 6.07) is 4.64. The Hall–Kier alpha value is -0.0800. The summed E-state index contributed by atoms with van der Waals surface area (Å²) < 4.78 is 0. The van der Waals surface area contributed by atoms with Gasteiger partial charge in [-0.1, -0.05) is 13.8 Å². The van der Waals surface area contributed by atoms with Crippen LogP contribution >= 0.6 is 23.5 Å². The number of aryl methyl sites for hydroxylation is 2. The van der Waals surface area contributed by atoms with E-state index < -0.39 is 0 Å². The molecular weight excluding hydrogens is 208 g/mol. The standard InChI is InChI=1S/C12H18S2/c1-5-13-11-7-10(4)12(14-6-2)8-9(11)3/h7-8H,5-6H2,1-4H3. The number of thioether (sulfide) groups is 2. The summed E-state index contributed by atoms with van der Waals surface area (Å²) in [5.74, 6) is 2.31. The number of rotatable bonds is 4. The first kappa shape index (κ1) is 12.0. The molecule has 14 heavy (non-hydrogen) atoms. The average Bonchev–Trinajstić information content (AvgIpc) is 2.14. The molecule has 0 amide bonds. The van der Waals surface area contributed by atoms with Crippen LogP contribution in [0.15, 0.2) is 21.9 Å². The van der Waals surface area contributed by atoms with Gasteiger partial charge in [-0.3, -0.25) is 0 Å². The second-order valence-electron chi connectivity index (χ2n) is 3.25. The third-order valence-corrected chi connectivity index (χ3v) is 4.15. The van der Waals surface area contributed by atoms with Crippen LogP contribution in [0.5, 0.6) is 0 Å². The van der Waals surface area contributed by atoms with Gasteiger partial charge in [0, 0.05) is 9.79 Å². The fraction of sp³-hybridized carbons (Fsp3) is 0.500. The minimum atomic E-state index is 1.15. The molecule has 0 fully saturated rings. The molecule has 0 radical (unpaired) electrons. The Kier molecular flexibility index (Phi) is 4.90. The molecule has 2 heteroatoms. The highest BCUT2D eigenvalue weighted by Crippen LogP contribution is 2.30. The lowest BCUT2D eigenvalue weighted by Gasteiger charge is -2.10. The molecule has 0 aliphatic heterocycles. The summed E-state index contributed by atoms with van der Waals surface area (Å²) in [4.78, 5) is 2.87. The van der Waals surface area contributed by atoms with E-state index in [2.05, 4.69) is 39.8 Å². The van der Waals surface area contributed by atoms with Crippen molar-refractivity contribution in [2.75, 3.05) is 11.5 Å². The lowest BCUT2D eigenvalue weighted by Crippen LogP contribution is -1.87. The molecule has 0 spiro atoms. The minimum absolute atomic E-state index is 1.15. The van der Waals surface area contributed by atoms with Crippen molar-refractivity contribution < 1.29 is 0 Å². The van der Waals surface area contributed by atoms with Crippen molar-refractivity contribution in [3.63, 3.8) is 0 Å². The predicted molar refractivity (Wildman–Crippen MR) is 68.7 cm³/mol. The number of hydrogen-bond acceptors (Lipinski definition) is 2. The van der Waals surface area contributed by atoms with Gasteiger partial charge in [-0.2, -0.15) is 0 Å². The molecule has 0 atom stereocenters. The van der Waals surface area contributed by atoms with Crippen molar-refractivity contribution in [3.8, 4) is 0 Å². The van der Waals surface area contributed by atoms with Crippen LogP contribution in [0.25, 0.3) is 0 Å². The number of benzene rings is 1. The second-order valence-corrected chi connectivity index (χ2v) is 5.86. The van der Waals surface area contributed by atoms with Gasteiger partial charge in [-0.25, -0.2) is 0 Å². The quantitative estimate of drug-likeness (QED) is 0.692. The first-order chi connectivity index (χ1) is 6.69. The molecule has 0 bridgehead atoms. The Balaban J connectivity index is 2.97. The molecule has 78 valence electrons. The van der Waals surface area contributed by atoms with Crippen molar-refractivity contribution in [1.82, 2.24) is 0 Å². The van der Waals surface area contributed by atoms with E-state index >= 15 is 0 Å². The fourth-order valence-corrected chi connectivity index (χ4v) is 3.10. The fourth-order valence-electron chi connectivity index (χ4n) is 1.39. The Morgan fingerprint density at radius 1 is 0.857 bits per heavy atom. The average molecular weight is 226 g/mol. The van der Waals surface area contributed by atoms with Crippen molar-refractivity contribution >= 4 is 23.5 Å². The molecule has 1 aromatic rings. The molecule has 0 heterocycles. The largest absolute Gasteiger partial charge is 0.126 e. The molecule has 0 aliphatic rings. The molecule has 0 aliphatic carbocycles. The summed E-state index contributed by atoms with van der Waals surface area (Å²) >= 11 is 3.87. The van der Waals surface area contributed by atoms with E-state index in [1.54, 1.807) is 0 Å². The second kappa shape index (κ2) is 5.72. The van der Waals surface area contributed by atoms with Crippen LogP contribution in [0, 0.1) is 13.8 Å². The summed E-state index contributed by atoms with van der Waals surface area (Å²) in [5.41, 5.74) is 2.83. The minimum Gasteiger partial charge on any atom is -0.126 e. The van der Waals surface area contributed by atoms with Gasteiger partial charge < -0.3 is 0 Å². The zero-order valence-corrected chi connectivity index (χ0v) is 11.0. The SMILES string of the molecule is CCSc1cc(C)c(SCC)cc1C. The van der Waals surface area contributed by atoms with E-state index in [1.807, 2.05) is 23.5 Å². The van der Waals surface area contributed by atoms with Crippen LogP contribution in [-0.2, 0) is 0 Å². The van der Waals surface area contributed by atoms with Crippen LogP contribution in [0.1, 0.15) is 25.0 Å². The highest BCUT2D eigenvalue weighted by molar-refractivity contribution is 7.99. The van der Waals surface area contributed by atoms with Gasteiger partial charge in [-0.15, -0.1) is 23.5 Å². The summed E-state index contributed by atoms with van der Waals surface area (Å²) in [7, 11) is 0. The van der Waals surface area contributed by atoms with Gasteiger partial charge in [-0.05, 0) is 48.6 Å². The normalized spacial score (nSPS) is 10.6. The molecule has 1 rings (SSSR count). The maximum atomic E-state index is 2.32. The molecule has 0 N–H and O–H groups in total. The van der Waals surface area contributed by atoms with Crippen LogP contribution < -0.4 is 0 Å². The maximum absolute atomic E-state index is 2.32. The van der Waals surface area contributed by atoms with E-state index in [1.165, 1.54) is 20.9 Å². The Morgan fingerprint density at radius 2 is 1.21 bits per heavy atom.